The number of rotatable bonds is 1. The summed E-state index contributed by atoms with van der Waals surface area (Å²) in [5.74, 6) is 1.15. The monoisotopic (exact) mass is 229 g/mol. The Morgan fingerprint density at radius 3 is 3.00 bits per heavy atom. The highest BCUT2D eigenvalue weighted by Crippen LogP contribution is 2.20. The van der Waals surface area contributed by atoms with Gasteiger partial charge in [0.1, 0.15) is 5.82 Å². The van der Waals surface area contributed by atoms with Gasteiger partial charge in [-0.05, 0) is 31.5 Å². The summed E-state index contributed by atoms with van der Waals surface area (Å²) in [6, 6.07) is 7.48. The summed E-state index contributed by atoms with van der Waals surface area (Å²) in [6.45, 7) is 1.97. The molecule has 2 N–H and O–H groups in total. The molecule has 3 rings (SSSR count). The van der Waals surface area contributed by atoms with Crippen LogP contribution in [-0.4, -0.2) is 23.1 Å². The fourth-order valence-corrected chi connectivity index (χ4v) is 2.38. The third kappa shape index (κ3) is 1.96. The summed E-state index contributed by atoms with van der Waals surface area (Å²) in [5.41, 5.74) is 0.757. The van der Waals surface area contributed by atoms with E-state index in [0.717, 1.165) is 37.3 Å². The lowest BCUT2D eigenvalue weighted by Crippen LogP contribution is -2.30. The van der Waals surface area contributed by atoms with Crippen LogP contribution in [0.1, 0.15) is 24.6 Å². The lowest BCUT2D eigenvalue weighted by atomic mass is 9.99. The molecule has 4 nitrogen and oxygen atoms in total. The Hall–Kier alpha value is -1.68. The van der Waals surface area contributed by atoms with Crippen molar-refractivity contribution < 1.29 is 0 Å². The number of piperidine rings is 1. The van der Waals surface area contributed by atoms with Gasteiger partial charge in [0, 0.05) is 12.5 Å². The van der Waals surface area contributed by atoms with Gasteiger partial charge >= 0.3 is 0 Å². The normalized spacial score (nSPS) is 20.6. The minimum atomic E-state index is -0.0313. The summed E-state index contributed by atoms with van der Waals surface area (Å²) in [7, 11) is 0. The van der Waals surface area contributed by atoms with Crippen molar-refractivity contribution in [2.45, 2.75) is 18.8 Å². The molecule has 2 aromatic rings. The minimum absolute atomic E-state index is 0.0313. The largest absolute Gasteiger partial charge is 0.316 e. The summed E-state index contributed by atoms with van der Waals surface area (Å²) in [5, 5.41) is 4.01. The molecule has 4 heteroatoms. The summed E-state index contributed by atoms with van der Waals surface area (Å²) in [4.78, 5) is 19.4. The fourth-order valence-electron chi connectivity index (χ4n) is 2.38. The zero-order chi connectivity index (χ0) is 11.7. The Bertz CT molecular complexity index is 584. The van der Waals surface area contributed by atoms with Crippen LogP contribution < -0.4 is 10.9 Å². The van der Waals surface area contributed by atoms with Crippen LogP contribution in [0, 0.1) is 0 Å². The van der Waals surface area contributed by atoms with E-state index in [-0.39, 0.29) is 5.56 Å². The second-order valence-electron chi connectivity index (χ2n) is 4.51. The number of H-pyrrole nitrogens is 1. The lowest BCUT2D eigenvalue weighted by Gasteiger charge is -2.21. The first-order valence-electron chi connectivity index (χ1n) is 6.04. The number of hydrogen-bond donors (Lipinski definition) is 2. The zero-order valence-corrected chi connectivity index (χ0v) is 9.57. The summed E-state index contributed by atoms with van der Waals surface area (Å²) in [6.07, 6.45) is 2.23. The van der Waals surface area contributed by atoms with Gasteiger partial charge in [-0.25, -0.2) is 4.98 Å². The molecular formula is C13H15N3O. The van der Waals surface area contributed by atoms with E-state index in [1.807, 2.05) is 24.3 Å². The molecule has 0 bridgehead atoms. The molecule has 1 fully saturated rings. The third-order valence-corrected chi connectivity index (χ3v) is 3.31. The topological polar surface area (TPSA) is 57.8 Å². The van der Waals surface area contributed by atoms with Gasteiger partial charge in [-0.15, -0.1) is 0 Å². The van der Waals surface area contributed by atoms with Gasteiger partial charge in [0.05, 0.1) is 10.9 Å². The molecule has 0 radical (unpaired) electrons. The molecule has 0 aliphatic carbocycles. The first-order chi connectivity index (χ1) is 8.34. The number of hydrogen-bond acceptors (Lipinski definition) is 3. The number of aromatic amines is 1. The molecule has 0 spiro atoms. The van der Waals surface area contributed by atoms with Crippen molar-refractivity contribution >= 4 is 10.9 Å². The standard InChI is InChI=1S/C13H15N3O/c17-13-10-5-1-2-6-11(10)15-12(16-13)9-4-3-7-14-8-9/h1-2,5-6,9,14H,3-4,7-8H2,(H,15,16,17). The fraction of sp³-hybridized carbons (Fsp3) is 0.385. The van der Waals surface area contributed by atoms with Crippen LogP contribution in [0.4, 0.5) is 0 Å². The molecule has 1 aliphatic heterocycles. The third-order valence-electron chi connectivity index (χ3n) is 3.31. The maximum atomic E-state index is 11.9. The van der Waals surface area contributed by atoms with E-state index in [4.69, 9.17) is 0 Å². The van der Waals surface area contributed by atoms with E-state index in [9.17, 15) is 4.79 Å². The second-order valence-corrected chi connectivity index (χ2v) is 4.51. The van der Waals surface area contributed by atoms with E-state index in [1.165, 1.54) is 0 Å². The molecule has 88 valence electrons. The van der Waals surface area contributed by atoms with Gasteiger partial charge in [0.15, 0.2) is 0 Å². The van der Waals surface area contributed by atoms with Gasteiger partial charge in [-0.1, -0.05) is 12.1 Å². The van der Waals surface area contributed by atoms with Crippen LogP contribution in [0.2, 0.25) is 0 Å². The maximum absolute atomic E-state index is 11.9. The number of nitrogens with zero attached hydrogens (tertiary/aromatic N) is 1. The predicted molar refractivity (Wildman–Crippen MR) is 67.2 cm³/mol. The molecule has 1 aliphatic rings. The smallest absolute Gasteiger partial charge is 0.258 e. The molecule has 1 aromatic heterocycles. The van der Waals surface area contributed by atoms with Gasteiger partial charge in [0.25, 0.3) is 5.56 Å². The molecule has 1 unspecified atom stereocenters. The SMILES string of the molecule is O=c1[nH]c(C2CCCNC2)nc2ccccc12. The summed E-state index contributed by atoms with van der Waals surface area (Å²) >= 11 is 0. The molecule has 0 amide bonds. The van der Waals surface area contributed by atoms with Crippen LogP contribution in [-0.2, 0) is 0 Å². The van der Waals surface area contributed by atoms with Crippen molar-refractivity contribution in [2.75, 3.05) is 13.1 Å². The van der Waals surface area contributed by atoms with Gasteiger partial charge in [-0.3, -0.25) is 4.79 Å². The molecule has 0 saturated carbocycles. The molecule has 1 aromatic carbocycles. The quantitative estimate of drug-likeness (QED) is 0.777. The lowest BCUT2D eigenvalue weighted by molar-refractivity contribution is 0.447. The first-order valence-corrected chi connectivity index (χ1v) is 6.04. The minimum Gasteiger partial charge on any atom is -0.316 e. The van der Waals surface area contributed by atoms with E-state index in [2.05, 4.69) is 15.3 Å². The second kappa shape index (κ2) is 4.30. The van der Waals surface area contributed by atoms with Crippen molar-refractivity contribution in [3.63, 3.8) is 0 Å². The maximum Gasteiger partial charge on any atom is 0.258 e. The van der Waals surface area contributed by atoms with E-state index in [0.29, 0.717) is 11.3 Å². The predicted octanol–water partition coefficient (Wildman–Crippen LogP) is 1.39. The number of aromatic nitrogens is 2. The summed E-state index contributed by atoms with van der Waals surface area (Å²) < 4.78 is 0. The first kappa shape index (κ1) is 10.5. The Balaban J connectivity index is 2.08. The molecule has 1 atom stereocenters. The van der Waals surface area contributed by atoms with Crippen LogP contribution in [0.5, 0.6) is 0 Å². The van der Waals surface area contributed by atoms with E-state index in [1.54, 1.807) is 0 Å². The van der Waals surface area contributed by atoms with Crippen molar-refractivity contribution in [1.29, 1.82) is 0 Å². The van der Waals surface area contributed by atoms with Crippen LogP contribution in [0.25, 0.3) is 10.9 Å². The molecule has 17 heavy (non-hydrogen) atoms. The zero-order valence-electron chi connectivity index (χ0n) is 9.57. The molecule has 2 heterocycles. The average molecular weight is 229 g/mol. The Kier molecular flexibility index (Phi) is 2.65. The average Bonchev–Trinajstić information content (AvgIpc) is 2.40. The highest BCUT2D eigenvalue weighted by Gasteiger charge is 2.18. The van der Waals surface area contributed by atoms with Crippen LogP contribution >= 0.6 is 0 Å². The van der Waals surface area contributed by atoms with Crippen molar-refractivity contribution in [3.05, 3.63) is 40.4 Å². The molecule has 1 saturated heterocycles. The molecular weight excluding hydrogens is 214 g/mol. The van der Waals surface area contributed by atoms with Crippen molar-refractivity contribution in [2.24, 2.45) is 0 Å². The Morgan fingerprint density at radius 1 is 1.29 bits per heavy atom. The van der Waals surface area contributed by atoms with Gasteiger partial charge < -0.3 is 10.3 Å². The Morgan fingerprint density at radius 2 is 2.18 bits per heavy atom. The number of nitrogens with one attached hydrogen (secondary N) is 2. The number of para-hydroxylation sites is 1. The Labute approximate surface area is 99.1 Å². The van der Waals surface area contributed by atoms with E-state index < -0.39 is 0 Å². The highest BCUT2D eigenvalue weighted by molar-refractivity contribution is 5.77. The van der Waals surface area contributed by atoms with Crippen LogP contribution in [0.3, 0.4) is 0 Å². The van der Waals surface area contributed by atoms with Crippen molar-refractivity contribution in [3.8, 4) is 0 Å². The number of benzene rings is 1. The highest BCUT2D eigenvalue weighted by atomic mass is 16.1. The van der Waals surface area contributed by atoms with E-state index >= 15 is 0 Å². The number of fused-ring (bicyclic) bond motifs is 1. The van der Waals surface area contributed by atoms with Crippen LogP contribution in [0.15, 0.2) is 29.1 Å². The van der Waals surface area contributed by atoms with Gasteiger partial charge in [-0.2, -0.15) is 0 Å². The van der Waals surface area contributed by atoms with Crippen molar-refractivity contribution in [1.82, 2.24) is 15.3 Å². The van der Waals surface area contributed by atoms with Gasteiger partial charge in [0.2, 0.25) is 0 Å².